The number of H-pyrrole nitrogens is 1. The van der Waals surface area contributed by atoms with Crippen LogP contribution in [0.2, 0.25) is 10.0 Å². The van der Waals surface area contributed by atoms with Gasteiger partial charge in [-0.25, -0.2) is 14.3 Å². The number of imidazole rings is 1. The number of amides is 3. The monoisotopic (exact) mass is 771 g/mol. The Morgan fingerprint density at radius 1 is 1.06 bits per heavy atom. The minimum Gasteiger partial charge on any atom is -0.406 e. The van der Waals surface area contributed by atoms with E-state index in [1.54, 1.807) is 24.5 Å². The van der Waals surface area contributed by atoms with Gasteiger partial charge in [-0.05, 0) is 68.7 Å². The first-order chi connectivity index (χ1) is 25.1. The van der Waals surface area contributed by atoms with Gasteiger partial charge in [0.25, 0.3) is 11.8 Å². The molecule has 4 heterocycles. The highest BCUT2D eigenvalue weighted by Crippen LogP contribution is 2.46. The lowest BCUT2D eigenvalue weighted by Gasteiger charge is -2.27. The molecule has 2 aromatic carbocycles. The lowest BCUT2D eigenvalue weighted by molar-refractivity contribution is -0.274. The molecule has 1 aliphatic heterocycles. The van der Waals surface area contributed by atoms with E-state index in [1.165, 1.54) is 48.9 Å². The Bertz CT molecular complexity index is 2200. The number of benzene rings is 2. The molecule has 274 valence electrons. The molecule has 3 amide bonds. The van der Waals surface area contributed by atoms with Crippen LogP contribution in [0.5, 0.6) is 5.75 Å². The zero-order chi connectivity index (χ0) is 37.9. The number of nitrogens with zero attached hydrogens (tertiary/aromatic N) is 6. The molecule has 1 fully saturated rings. The predicted molar refractivity (Wildman–Crippen MR) is 182 cm³/mol. The van der Waals surface area contributed by atoms with E-state index in [0.29, 0.717) is 29.8 Å². The summed E-state index contributed by atoms with van der Waals surface area (Å²) in [6.45, 7) is 3.00. The summed E-state index contributed by atoms with van der Waals surface area (Å²) in [7, 11) is 0. The van der Waals surface area contributed by atoms with Crippen LogP contribution in [0, 0.1) is 5.82 Å². The van der Waals surface area contributed by atoms with Crippen LogP contribution >= 0.6 is 23.2 Å². The largest absolute Gasteiger partial charge is 0.573 e. The summed E-state index contributed by atoms with van der Waals surface area (Å²) in [5, 5.41) is 20.1. The SMILES string of the molecule is C[C@H](NC(=O)c1cnc2n1[C@](C)(Cc1ccc(OC(F)(F)F)cc1)C(=O)N2c1cc(Cl)c(F)c(Cl)c1)C(=O)NC1(c2ccc(-c3cn[nH]c3)nn2)CC1. The fourth-order valence-electron chi connectivity index (χ4n) is 6.22. The van der Waals surface area contributed by atoms with Gasteiger partial charge in [0.05, 0.1) is 45.1 Å². The summed E-state index contributed by atoms with van der Waals surface area (Å²) in [4.78, 5) is 47.1. The number of ether oxygens (including phenoxy) is 1. The first-order valence-corrected chi connectivity index (χ1v) is 16.7. The van der Waals surface area contributed by atoms with Crippen molar-refractivity contribution in [3.8, 4) is 17.0 Å². The molecule has 0 saturated heterocycles. The summed E-state index contributed by atoms with van der Waals surface area (Å²) in [5.74, 6) is -3.33. The highest BCUT2D eigenvalue weighted by Gasteiger charge is 2.52. The van der Waals surface area contributed by atoms with Gasteiger partial charge in [0.2, 0.25) is 11.9 Å². The van der Waals surface area contributed by atoms with Crippen LogP contribution in [0.15, 0.2) is 67.1 Å². The van der Waals surface area contributed by atoms with Gasteiger partial charge in [-0.15, -0.1) is 13.2 Å². The van der Waals surface area contributed by atoms with Gasteiger partial charge in [-0.3, -0.25) is 24.0 Å². The summed E-state index contributed by atoms with van der Waals surface area (Å²) < 4.78 is 58.0. The quantitative estimate of drug-likeness (QED) is 0.116. The third kappa shape index (κ3) is 6.77. The molecule has 13 nitrogen and oxygen atoms in total. The van der Waals surface area contributed by atoms with Crippen LogP contribution in [-0.2, 0) is 27.1 Å². The van der Waals surface area contributed by atoms with Crippen molar-refractivity contribution in [2.24, 2.45) is 0 Å². The van der Waals surface area contributed by atoms with Crippen molar-refractivity contribution in [3.63, 3.8) is 0 Å². The highest BCUT2D eigenvalue weighted by molar-refractivity contribution is 6.35. The number of nitrogens with one attached hydrogen (secondary N) is 3. The van der Waals surface area contributed by atoms with E-state index in [9.17, 15) is 31.9 Å². The van der Waals surface area contributed by atoms with Gasteiger partial charge in [0, 0.05) is 18.2 Å². The molecule has 7 rings (SSSR count). The molecule has 53 heavy (non-hydrogen) atoms. The third-order valence-electron chi connectivity index (χ3n) is 9.07. The Hall–Kier alpha value is -5.55. The maximum absolute atomic E-state index is 14.4. The average Bonchev–Trinajstić information content (AvgIpc) is 3.41. The molecule has 1 aliphatic carbocycles. The molecule has 5 aromatic rings. The van der Waals surface area contributed by atoms with Gasteiger partial charge in [0.1, 0.15) is 23.0 Å². The molecule has 3 aromatic heterocycles. The number of carbonyl (C=O) groups is 3. The highest BCUT2D eigenvalue weighted by atomic mass is 35.5. The van der Waals surface area contributed by atoms with Crippen molar-refractivity contribution in [2.75, 3.05) is 4.90 Å². The van der Waals surface area contributed by atoms with Crippen molar-refractivity contribution in [1.29, 1.82) is 0 Å². The van der Waals surface area contributed by atoms with E-state index in [2.05, 4.69) is 40.7 Å². The van der Waals surface area contributed by atoms with Crippen molar-refractivity contribution in [3.05, 3.63) is 99.9 Å². The van der Waals surface area contributed by atoms with E-state index in [1.807, 2.05) is 0 Å². The number of aromatic amines is 1. The van der Waals surface area contributed by atoms with E-state index in [4.69, 9.17) is 23.2 Å². The Morgan fingerprint density at radius 3 is 2.34 bits per heavy atom. The van der Waals surface area contributed by atoms with Crippen LogP contribution in [0.3, 0.4) is 0 Å². The molecule has 0 radical (unpaired) electrons. The predicted octanol–water partition coefficient (Wildman–Crippen LogP) is 5.97. The van der Waals surface area contributed by atoms with Gasteiger partial charge < -0.3 is 15.4 Å². The summed E-state index contributed by atoms with van der Waals surface area (Å²) >= 11 is 12.1. The summed E-state index contributed by atoms with van der Waals surface area (Å²) in [6, 6.07) is 9.69. The van der Waals surface area contributed by atoms with Gasteiger partial charge in [-0.2, -0.15) is 15.3 Å². The smallest absolute Gasteiger partial charge is 0.406 e. The first kappa shape index (κ1) is 35.8. The lowest BCUT2D eigenvalue weighted by Crippen LogP contribution is -2.49. The molecule has 2 aliphatic rings. The molecule has 19 heteroatoms. The number of hydrogen-bond donors (Lipinski definition) is 3. The van der Waals surface area contributed by atoms with Gasteiger partial charge in [-0.1, -0.05) is 35.3 Å². The lowest BCUT2D eigenvalue weighted by atomic mass is 9.91. The zero-order valence-corrected chi connectivity index (χ0v) is 29.1. The van der Waals surface area contributed by atoms with Crippen molar-refractivity contribution >= 4 is 52.6 Å². The maximum atomic E-state index is 14.4. The standard InChI is InChI=1S/C34H27Cl2F4N9O4/c1-17(28(50)45-33(9-10-33)26-8-7-24(46-47-26)19-14-42-43-15-19)44-29(51)25-16-41-31-48(20-11-22(35)27(37)23(36)12-20)30(52)32(2,49(25)31)13-18-3-5-21(6-4-18)53-34(38,39)40/h3-8,11-12,14-17H,9-10,13H2,1-2H3,(H,42,43)(H,44,51)(H,45,50)/t17-,32+/m0/s1. The number of rotatable bonds is 10. The maximum Gasteiger partial charge on any atom is 0.573 e. The Labute approximate surface area is 307 Å². The number of anilines is 2. The number of aromatic nitrogens is 6. The first-order valence-electron chi connectivity index (χ1n) is 16.0. The van der Waals surface area contributed by atoms with Gasteiger partial charge >= 0.3 is 6.36 Å². The Morgan fingerprint density at radius 2 is 1.75 bits per heavy atom. The molecule has 3 N–H and O–H groups in total. The van der Waals surface area contributed by atoms with Gasteiger partial charge in [0.15, 0.2) is 5.82 Å². The second-order valence-electron chi connectivity index (χ2n) is 12.8. The molecule has 2 atom stereocenters. The van der Waals surface area contributed by atoms with Crippen LogP contribution in [0.1, 0.15) is 48.4 Å². The summed E-state index contributed by atoms with van der Waals surface area (Å²) in [5.41, 5.74) is -0.146. The van der Waals surface area contributed by atoms with E-state index >= 15 is 0 Å². The fourth-order valence-corrected chi connectivity index (χ4v) is 6.70. The van der Waals surface area contributed by atoms with E-state index < -0.39 is 52.8 Å². The minimum absolute atomic E-state index is 0.0474. The third-order valence-corrected chi connectivity index (χ3v) is 9.62. The van der Waals surface area contributed by atoms with Crippen molar-refractivity contribution < 1.29 is 36.7 Å². The molecule has 0 unspecified atom stereocenters. The van der Waals surface area contributed by atoms with Crippen molar-refractivity contribution in [2.45, 2.75) is 56.6 Å². The van der Waals surface area contributed by atoms with Crippen molar-refractivity contribution in [1.82, 2.24) is 40.6 Å². The summed E-state index contributed by atoms with van der Waals surface area (Å²) in [6.07, 6.45) is 0.654. The molecule has 0 bridgehead atoms. The number of carbonyl (C=O) groups excluding carboxylic acids is 3. The average molecular weight is 773 g/mol. The Balaban J connectivity index is 1.15. The Kier molecular flexibility index (Phi) is 8.89. The number of fused-ring (bicyclic) bond motifs is 1. The van der Waals surface area contributed by atoms with Crippen LogP contribution in [0.25, 0.3) is 11.3 Å². The normalized spacial score (nSPS) is 18.0. The fraction of sp³-hybridized carbons (Fsp3) is 0.265. The van der Waals surface area contributed by atoms with E-state index in [-0.39, 0.29) is 33.8 Å². The van der Waals surface area contributed by atoms with Crippen LogP contribution in [-0.4, -0.2) is 60.1 Å². The zero-order valence-electron chi connectivity index (χ0n) is 27.6. The van der Waals surface area contributed by atoms with Crippen LogP contribution < -0.4 is 20.3 Å². The number of hydrogen-bond acceptors (Lipinski definition) is 8. The number of halogens is 6. The van der Waals surface area contributed by atoms with E-state index in [0.717, 1.165) is 22.6 Å². The molecular weight excluding hydrogens is 745 g/mol. The number of alkyl halides is 3. The minimum atomic E-state index is -4.91. The molecule has 1 saturated carbocycles. The molecular formula is C34H27Cl2F4N9O4. The second-order valence-corrected chi connectivity index (χ2v) is 13.7. The van der Waals surface area contributed by atoms with Crippen LogP contribution in [0.4, 0.5) is 29.2 Å². The second kappa shape index (κ2) is 13.1. The topological polar surface area (TPSA) is 160 Å². The molecule has 0 spiro atoms.